The summed E-state index contributed by atoms with van der Waals surface area (Å²) in [5.41, 5.74) is 0.545. The zero-order valence-corrected chi connectivity index (χ0v) is 7.92. The molecule has 5 heteroatoms. The number of hydrogen-bond acceptors (Lipinski definition) is 4. The third-order valence-electron chi connectivity index (χ3n) is 1.77. The van der Waals surface area contributed by atoms with E-state index in [0.29, 0.717) is 5.69 Å². The first-order valence-electron chi connectivity index (χ1n) is 4.31. The number of carboxylic acids is 2. The molecule has 1 aromatic rings. The smallest absolute Gasteiger partial charge is 0.323 e. The van der Waals surface area contributed by atoms with Gasteiger partial charge in [0.15, 0.2) is 0 Å². The molecule has 80 valence electrons. The van der Waals surface area contributed by atoms with Gasteiger partial charge in [-0.1, -0.05) is 18.2 Å². The molecule has 0 radical (unpaired) electrons. The van der Waals surface area contributed by atoms with E-state index >= 15 is 0 Å². The summed E-state index contributed by atoms with van der Waals surface area (Å²) in [6.07, 6.45) is 0. The average molecular weight is 208 g/mol. The molecule has 5 nitrogen and oxygen atoms in total. The maximum atomic E-state index is 10.5. The van der Waals surface area contributed by atoms with Gasteiger partial charge in [-0.25, -0.2) is 0 Å². The van der Waals surface area contributed by atoms with E-state index in [0.717, 1.165) is 0 Å². The Labute approximate surface area is 86.6 Å². The number of para-hydroxylation sites is 1. The zero-order valence-electron chi connectivity index (χ0n) is 7.92. The molecule has 0 unspecified atom stereocenters. The van der Waals surface area contributed by atoms with Crippen LogP contribution in [0.15, 0.2) is 30.3 Å². The summed E-state index contributed by atoms with van der Waals surface area (Å²) in [5.74, 6) is -2.39. The highest BCUT2D eigenvalue weighted by Gasteiger charge is 2.09. The lowest BCUT2D eigenvalue weighted by Gasteiger charge is -2.22. The number of rotatable bonds is 5. The van der Waals surface area contributed by atoms with Crippen LogP contribution in [-0.2, 0) is 9.59 Å². The molecule has 0 saturated carbocycles. The van der Waals surface area contributed by atoms with Gasteiger partial charge in [-0.15, -0.1) is 0 Å². The van der Waals surface area contributed by atoms with Gasteiger partial charge in [0.2, 0.25) is 0 Å². The van der Waals surface area contributed by atoms with Crippen LogP contribution >= 0.6 is 0 Å². The lowest BCUT2D eigenvalue weighted by Crippen LogP contribution is -2.40. The van der Waals surface area contributed by atoms with Crippen LogP contribution in [-0.4, -0.2) is 30.1 Å². The van der Waals surface area contributed by atoms with Crippen LogP contribution in [0.5, 0.6) is 0 Å². The summed E-state index contributed by atoms with van der Waals surface area (Å²) in [6, 6.07) is 8.47. The first-order valence-corrected chi connectivity index (χ1v) is 4.31. The molecule has 1 aromatic carbocycles. The predicted molar refractivity (Wildman–Crippen MR) is 51.3 cm³/mol. The summed E-state index contributed by atoms with van der Waals surface area (Å²) in [5, 5.41) is 19.0. The van der Waals surface area contributed by atoms with Crippen molar-refractivity contribution < 1.29 is 19.8 Å². The Morgan fingerprint density at radius 2 is 1.80 bits per heavy atom. The van der Waals surface area contributed by atoms with E-state index in [4.69, 9.17) is 5.11 Å². The quantitative estimate of drug-likeness (QED) is 0.693. The van der Waals surface area contributed by atoms with Crippen molar-refractivity contribution in [3.05, 3.63) is 30.3 Å². The average Bonchev–Trinajstić information content (AvgIpc) is 2.17. The third kappa shape index (κ3) is 3.68. The van der Waals surface area contributed by atoms with Crippen LogP contribution in [0.4, 0.5) is 5.69 Å². The minimum atomic E-state index is -1.31. The number of carbonyl (C=O) groups is 2. The van der Waals surface area contributed by atoms with E-state index < -0.39 is 18.5 Å². The van der Waals surface area contributed by atoms with Crippen molar-refractivity contribution in [2.45, 2.75) is 0 Å². The Balaban J connectivity index is 2.81. The van der Waals surface area contributed by atoms with Gasteiger partial charge in [0.25, 0.3) is 0 Å². The molecule has 0 atom stereocenters. The normalized spacial score (nSPS) is 9.60. The predicted octanol–water partition coefficient (Wildman–Crippen LogP) is -0.672. The third-order valence-corrected chi connectivity index (χ3v) is 1.77. The second kappa shape index (κ2) is 4.99. The molecule has 0 aliphatic rings. The number of carboxylic acid groups (broad SMARTS) is 2. The molecule has 0 heterocycles. The molecule has 0 aromatic heterocycles. The second-order valence-corrected chi connectivity index (χ2v) is 2.96. The largest absolute Gasteiger partial charge is 0.548 e. The molecule has 0 fully saturated rings. The standard InChI is InChI=1S/C10H11NO4/c12-9(13)6-11(7-10(14)15)8-4-2-1-3-5-8/h1-5H,6-7H2,(H,12,13)(H,14,15)/p-1. The first-order chi connectivity index (χ1) is 7.09. The molecule has 0 bridgehead atoms. The number of carbonyl (C=O) groups excluding carboxylic acids is 1. The van der Waals surface area contributed by atoms with Crippen molar-refractivity contribution >= 4 is 17.6 Å². The molecular formula is C10H10NO4-. The molecule has 0 amide bonds. The Bertz CT molecular complexity index is 334. The minimum Gasteiger partial charge on any atom is -0.548 e. The molecule has 0 aliphatic carbocycles. The number of benzene rings is 1. The Morgan fingerprint density at radius 1 is 1.20 bits per heavy atom. The molecule has 1 rings (SSSR count). The van der Waals surface area contributed by atoms with Crippen LogP contribution in [0.2, 0.25) is 0 Å². The highest BCUT2D eigenvalue weighted by atomic mass is 16.4. The Hall–Kier alpha value is -2.04. The van der Waals surface area contributed by atoms with Gasteiger partial charge in [0.1, 0.15) is 6.54 Å². The van der Waals surface area contributed by atoms with Crippen LogP contribution in [0, 0.1) is 0 Å². The second-order valence-electron chi connectivity index (χ2n) is 2.96. The molecule has 0 spiro atoms. The SMILES string of the molecule is O=C([O-])CN(CC(=O)O)c1ccccc1. The number of hydrogen-bond donors (Lipinski definition) is 1. The van der Waals surface area contributed by atoms with E-state index in [2.05, 4.69) is 0 Å². The molecule has 0 saturated heterocycles. The van der Waals surface area contributed by atoms with Gasteiger partial charge >= 0.3 is 5.97 Å². The molecule has 0 aliphatic heterocycles. The fourth-order valence-electron chi connectivity index (χ4n) is 1.20. The summed E-state index contributed by atoms with van der Waals surface area (Å²) in [7, 11) is 0. The lowest BCUT2D eigenvalue weighted by molar-refractivity contribution is -0.303. The van der Waals surface area contributed by atoms with E-state index in [9.17, 15) is 14.7 Å². The summed E-state index contributed by atoms with van der Waals surface area (Å²) in [4.78, 5) is 22.1. The fraction of sp³-hybridized carbons (Fsp3) is 0.200. The van der Waals surface area contributed by atoms with Gasteiger partial charge in [0.05, 0.1) is 12.5 Å². The first kappa shape index (κ1) is 11.0. The summed E-state index contributed by atoms with van der Waals surface area (Å²) < 4.78 is 0. The van der Waals surface area contributed by atoms with Crippen molar-refractivity contribution in [3.8, 4) is 0 Å². The van der Waals surface area contributed by atoms with Crippen LogP contribution in [0.1, 0.15) is 0 Å². The van der Waals surface area contributed by atoms with Crippen LogP contribution < -0.4 is 10.0 Å². The molecule has 1 N–H and O–H groups in total. The van der Waals surface area contributed by atoms with Crippen molar-refractivity contribution in [2.75, 3.05) is 18.0 Å². The number of anilines is 1. The maximum absolute atomic E-state index is 10.5. The van der Waals surface area contributed by atoms with Crippen molar-refractivity contribution in [1.82, 2.24) is 0 Å². The van der Waals surface area contributed by atoms with E-state index in [1.165, 1.54) is 4.90 Å². The van der Waals surface area contributed by atoms with Gasteiger partial charge in [-0.05, 0) is 12.1 Å². The lowest BCUT2D eigenvalue weighted by atomic mass is 10.3. The monoisotopic (exact) mass is 208 g/mol. The number of aliphatic carboxylic acids is 2. The van der Waals surface area contributed by atoms with Gasteiger partial charge in [-0.2, -0.15) is 0 Å². The van der Waals surface area contributed by atoms with Crippen molar-refractivity contribution in [1.29, 1.82) is 0 Å². The highest BCUT2D eigenvalue weighted by molar-refractivity contribution is 5.78. The van der Waals surface area contributed by atoms with E-state index in [1.807, 2.05) is 0 Å². The van der Waals surface area contributed by atoms with E-state index in [1.54, 1.807) is 30.3 Å². The van der Waals surface area contributed by atoms with Crippen LogP contribution in [0.3, 0.4) is 0 Å². The Kier molecular flexibility index (Phi) is 3.68. The number of nitrogens with zero attached hydrogens (tertiary/aromatic N) is 1. The van der Waals surface area contributed by atoms with E-state index in [-0.39, 0.29) is 6.54 Å². The van der Waals surface area contributed by atoms with Crippen LogP contribution in [0.25, 0.3) is 0 Å². The molecular weight excluding hydrogens is 198 g/mol. The van der Waals surface area contributed by atoms with Gasteiger partial charge in [-0.3, -0.25) is 4.79 Å². The fourth-order valence-corrected chi connectivity index (χ4v) is 1.20. The van der Waals surface area contributed by atoms with Gasteiger partial charge < -0.3 is 19.9 Å². The van der Waals surface area contributed by atoms with Crippen molar-refractivity contribution in [2.24, 2.45) is 0 Å². The summed E-state index contributed by atoms with van der Waals surface area (Å²) >= 11 is 0. The molecule has 15 heavy (non-hydrogen) atoms. The van der Waals surface area contributed by atoms with Gasteiger partial charge in [0, 0.05) is 5.69 Å². The topological polar surface area (TPSA) is 80.7 Å². The van der Waals surface area contributed by atoms with Crippen molar-refractivity contribution in [3.63, 3.8) is 0 Å². The zero-order chi connectivity index (χ0) is 11.3. The highest BCUT2D eigenvalue weighted by Crippen LogP contribution is 2.11. The Morgan fingerprint density at radius 3 is 2.27 bits per heavy atom. The summed E-state index contributed by atoms with van der Waals surface area (Å²) in [6.45, 7) is -0.797. The maximum Gasteiger partial charge on any atom is 0.323 e. The minimum absolute atomic E-state index is 0.363.